The second-order valence-corrected chi connectivity index (χ2v) is 7.93. The van der Waals surface area contributed by atoms with E-state index in [-0.39, 0.29) is 23.0 Å². The number of halogens is 1. The normalized spacial score (nSPS) is 17.7. The fourth-order valence-corrected chi connectivity index (χ4v) is 4.48. The number of nitrogens with zero attached hydrogens (tertiary/aromatic N) is 2. The maximum absolute atomic E-state index is 12.7. The molecule has 0 bridgehead atoms. The summed E-state index contributed by atoms with van der Waals surface area (Å²) in [6.07, 6.45) is 0. The van der Waals surface area contributed by atoms with Gasteiger partial charge in [-0.3, -0.25) is 15.0 Å². The zero-order valence-corrected chi connectivity index (χ0v) is 15.6. The Balaban J connectivity index is 2.01. The van der Waals surface area contributed by atoms with Crippen LogP contribution in [-0.2, 0) is 14.8 Å². The number of amides is 3. The van der Waals surface area contributed by atoms with E-state index in [9.17, 15) is 18.0 Å². The largest absolute Gasteiger partial charge is 0.341 e. The van der Waals surface area contributed by atoms with Gasteiger partial charge in [0, 0.05) is 33.2 Å². The Kier molecular flexibility index (Phi) is 6.39. The summed E-state index contributed by atoms with van der Waals surface area (Å²) in [5, 5.41) is 4.72. The summed E-state index contributed by atoms with van der Waals surface area (Å²) >= 11 is 6.00. The van der Waals surface area contributed by atoms with Crippen LogP contribution in [0, 0.1) is 0 Å². The first-order valence-electron chi connectivity index (χ1n) is 7.78. The number of sulfonamides is 1. The maximum atomic E-state index is 12.7. The third-order valence-electron chi connectivity index (χ3n) is 4.12. The molecule has 10 heteroatoms. The van der Waals surface area contributed by atoms with Crippen molar-refractivity contribution in [2.45, 2.75) is 17.9 Å². The first-order valence-corrected chi connectivity index (χ1v) is 9.60. The van der Waals surface area contributed by atoms with Crippen molar-refractivity contribution in [1.29, 1.82) is 0 Å². The van der Waals surface area contributed by atoms with Gasteiger partial charge in [-0.25, -0.2) is 13.2 Å². The first-order chi connectivity index (χ1) is 11.8. The second kappa shape index (κ2) is 8.13. The number of piperazine rings is 1. The topological polar surface area (TPSA) is 98.8 Å². The molecule has 0 unspecified atom stereocenters. The van der Waals surface area contributed by atoms with E-state index in [2.05, 4.69) is 10.6 Å². The standard InChI is InChI=1S/C15H21ClN4O4S/c1-11(14(21)18-15(22)17-2)19-7-9-20(10-8-19)25(23,24)13-6-4-3-5-12(13)16/h3-6,11H,7-10H2,1-2H3,(H2,17,18,21,22)/t11-/m1/s1. The zero-order valence-electron chi connectivity index (χ0n) is 14.0. The molecule has 2 rings (SSSR count). The van der Waals surface area contributed by atoms with Gasteiger partial charge in [0.15, 0.2) is 0 Å². The van der Waals surface area contributed by atoms with Crippen molar-refractivity contribution in [2.75, 3.05) is 33.2 Å². The lowest BCUT2D eigenvalue weighted by Gasteiger charge is -2.36. The minimum absolute atomic E-state index is 0.0792. The van der Waals surface area contributed by atoms with Crippen LogP contribution >= 0.6 is 11.6 Å². The van der Waals surface area contributed by atoms with E-state index in [1.807, 2.05) is 4.90 Å². The predicted octanol–water partition coefficient (Wildman–Crippen LogP) is 0.490. The molecule has 0 saturated carbocycles. The third kappa shape index (κ3) is 4.49. The molecule has 1 aliphatic rings. The van der Waals surface area contributed by atoms with Gasteiger partial charge in [0.05, 0.1) is 11.1 Å². The summed E-state index contributed by atoms with van der Waals surface area (Å²) in [5.41, 5.74) is 0. The number of hydrogen-bond acceptors (Lipinski definition) is 5. The van der Waals surface area contributed by atoms with Gasteiger partial charge in [0.2, 0.25) is 15.9 Å². The summed E-state index contributed by atoms with van der Waals surface area (Å²) in [6, 6.07) is 5.20. The van der Waals surface area contributed by atoms with Gasteiger partial charge in [-0.15, -0.1) is 0 Å². The number of nitrogens with one attached hydrogen (secondary N) is 2. The van der Waals surface area contributed by atoms with Crippen LogP contribution in [0.5, 0.6) is 0 Å². The van der Waals surface area contributed by atoms with Crippen molar-refractivity contribution in [2.24, 2.45) is 0 Å². The predicted molar refractivity (Wildman–Crippen MR) is 93.8 cm³/mol. The zero-order chi connectivity index (χ0) is 18.6. The highest BCUT2D eigenvalue weighted by atomic mass is 35.5. The van der Waals surface area contributed by atoms with E-state index in [4.69, 9.17) is 11.6 Å². The molecule has 1 fully saturated rings. The Hall–Kier alpha value is -1.68. The number of rotatable bonds is 4. The molecule has 0 aliphatic carbocycles. The smallest absolute Gasteiger partial charge is 0.321 e. The second-order valence-electron chi connectivity index (χ2n) is 5.61. The Morgan fingerprint density at radius 1 is 1.16 bits per heavy atom. The van der Waals surface area contributed by atoms with Gasteiger partial charge in [-0.2, -0.15) is 4.31 Å². The Morgan fingerprint density at radius 2 is 1.76 bits per heavy atom. The fraction of sp³-hybridized carbons (Fsp3) is 0.467. The molecule has 0 radical (unpaired) electrons. The summed E-state index contributed by atoms with van der Waals surface area (Å²) in [4.78, 5) is 25.1. The third-order valence-corrected chi connectivity index (χ3v) is 6.52. The van der Waals surface area contributed by atoms with Crippen molar-refractivity contribution in [1.82, 2.24) is 19.8 Å². The highest BCUT2D eigenvalue weighted by Gasteiger charge is 2.32. The van der Waals surface area contributed by atoms with Gasteiger partial charge >= 0.3 is 6.03 Å². The van der Waals surface area contributed by atoms with Crippen LogP contribution in [0.15, 0.2) is 29.2 Å². The van der Waals surface area contributed by atoms with Gasteiger partial charge in [-0.05, 0) is 19.1 Å². The van der Waals surface area contributed by atoms with E-state index in [0.29, 0.717) is 13.1 Å². The molecular formula is C15H21ClN4O4S. The average Bonchev–Trinajstić information content (AvgIpc) is 2.61. The fourth-order valence-electron chi connectivity index (χ4n) is 2.57. The van der Waals surface area contributed by atoms with Gasteiger partial charge < -0.3 is 5.32 Å². The minimum atomic E-state index is -3.67. The minimum Gasteiger partial charge on any atom is -0.341 e. The molecule has 8 nitrogen and oxygen atoms in total. The van der Waals surface area contributed by atoms with Gasteiger partial charge in [0.1, 0.15) is 4.90 Å². The molecule has 1 heterocycles. The quantitative estimate of drug-likeness (QED) is 0.782. The lowest BCUT2D eigenvalue weighted by atomic mass is 10.2. The number of carbonyl (C=O) groups is 2. The molecule has 25 heavy (non-hydrogen) atoms. The van der Waals surface area contributed by atoms with Crippen LogP contribution in [0.4, 0.5) is 4.79 Å². The maximum Gasteiger partial charge on any atom is 0.321 e. The number of hydrogen-bond donors (Lipinski definition) is 2. The van der Waals surface area contributed by atoms with Crippen LogP contribution in [0.1, 0.15) is 6.92 Å². The molecule has 1 aromatic rings. The molecule has 2 N–H and O–H groups in total. The first kappa shape index (κ1) is 19.6. The number of carbonyl (C=O) groups excluding carboxylic acids is 2. The van der Waals surface area contributed by atoms with E-state index >= 15 is 0 Å². The van der Waals surface area contributed by atoms with E-state index < -0.39 is 28.0 Å². The Bertz CT molecular complexity index is 748. The highest BCUT2D eigenvalue weighted by Crippen LogP contribution is 2.25. The summed E-state index contributed by atoms with van der Waals surface area (Å²) < 4.78 is 26.7. The van der Waals surface area contributed by atoms with Crippen LogP contribution in [0.25, 0.3) is 0 Å². The summed E-state index contributed by atoms with van der Waals surface area (Å²) in [7, 11) is -2.25. The Labute approximate surface area is 152 Å². The molecule has 1 aromatic carbocycles. The van der Waals surface area contributed by atoms with Gasteiger partial charge in [-0.1, -0.05) is 23.7 Å². The van der Waals surface area contributed by atoms with E-state index in [1.54, 1.807) is 19.1 Å². The molecule has 1 aliphatic heterocycles. The molecule has 3 amide bonds. The molecule has 138 valence electrons. The summed E-state index contributed by atoms with van der Waals surface area (Å²) in [6.45, 7) is 2.92. The molecular weight excluding hydrogens is 368 g/mol. The molecule has 0 spiro atoms. The Morgan fingerprint density at radius 3 is 2.32 bits per heavy atom. The van der Waals surface area contributed by atoms with E-state index in [0.717, 1.165) is 0 Å². The van der Waals surface area contributed by atoms with Crippen LogP contribution in [0.3, 0.4) is 0 Å². The monoisotopic (exact) mass is 388 g/mol. The molecule has 1 saturated heterocycles. The van der Waals surface area contributed by atoms with Crippen molar-refractivity contribution in [3.8, 4) is 0 Å². The lowest BCUT2D eigenvalue weighted by molar-refractivity contribution is -0.125. The lowest BCUT2D eigenvalue weighted by Crippen LogP contribution is -2.56. The van der Waals surface area contributed by atoms with Crippen molar-refractivity contribution in [3.05, 3.63) is 29.3 Å². The molecule has 1 atom stereocenters. The van der Waals surface area contributed by atoms with Crippen LogP contribution in [0.2, 0.25) is 5.02 Å². The van der Waals surface area contributed by atoms with Gasteiger partial charge in [0.25, 0.3) is 0 Å². The average molecular weight is 389 g/mol. The number of urea groups is 1. The number of benzene rings is 1. The SMILES string of the molecule is CNC(=O)NC(=O)[C@@H](C)N1CCN(S(=O)(=O)c2ccccc2Cl)CC1. The van der Waals surface area contributed by atoms with Crippen molar-refractivity contribution in [3.63, 3.8) is 0 Å². The van der Waals surface area contributed by atoms with Crippen molar-refractivity contribution >= 4 is 33.6 Å². The molecule has 0 aromatic heterocycles. The van der Waals surface area contributed by atoms with Crippen molar-refractivity contribution < 1.29 is 18.0 Å². The number of imide groups is 1. The van der Waals surface area contributed by atoms with Crippen LogP contribution < -0.4 is 10.6 Å². The highest BCUT2D eigenvalue weighted by molar-refractivity contribution is 7.89. The van der Waals surface area contributed by atoms with Crippen LogP contribution in [-0.4, -0.2) is 68.8 Å². The summed E-state index contributed by atoms with van der Waals surface area (Å²) in [5.74, 6) is -0.429. The van der Waals surface area contributed by atoms with E-state index in [1.165, 1.54) is 23.5 Å².